The van der Waals surface area contributed by atoms with E-state index in [0.29, 0.717) is 11.6 Å². The highest BCUT2D eigenvalue weighted by molar-refractivity contribution is 7.99. The fourth-order valence-corrected chi connectivity index (χ4v) is 5.37. The van der Waals surface area contributed by atoms with Gasteiger partial charge in [-0.2, -0.15) is 0 Å². The Morgan fingerprint density at radius 2 is 1.73 bits per heavy atom. The van der Waals surface area contributed by atoms with Crippen molar-refractivity contribution in [2.45, 2.75) is 39.1 Å². The summed E-state index contributed by atoms with van der Waals surface area (Å²) >= 11 is 1.47. The van der Waals surface area contributed by atoms with E-state index in [1.54, 1.807) is 0 Å². The van der Waals surface area contributed by atoms with Gasteiger partial charge in [-0.1, -0.05) is 74.5 Å². The Labute approximate surface area is 236 Å². The average Bonchev–Trinajstić information content (AvgIpc) is 3.67. The lowest BCUT2D eigenvalue weighted by atomic mass is 9.94. The number of alkyl carbamates (subject to hydrolysis) is 1. The van der Waals surface area contributed by atoms with E-state index in [0.717, 1.165) is 11.1 Å². The molecule has 11 heteroatoms. The number of carbonyl (C=O) groups excluding carboxylic acids is 4. The molecule has 3 atom stereocenters. The largest absolute Gasteiger partial charge is 0.445 e. The minimum Gasteiger partial charge on any atom is -0.445 e. The number of hydrogen-bond donors (Lipinski definition) is 2. The van der Waals surface area contributed by atoms with Crippen LogP contribution in [0.5, 0.6) is 0 Å². The van der Waals surface area contributed by atoms with E-state index in [9.17, 15) is 19.2 Å². The van der Waals surface area contributed by atoms with Gasteiger partial charge in [-0.3, -0.25) is 14.4 Å². The van der Waals surface area contributed by atoms with E-state index in [4.69, 9.17) is 9.15 Å². The molecule has 0 radical (unpaired) electrons. The number of nitrogens with one attached hydrogen (secondary N) is 2. The second-order valence-corrected chi connectivity index (χ2v) is 10.7. The zero-order chi connectivity index (χ0) is 28.5. The van der Waals surface area contributed by atoms with Gasteiger partial charge in [-0.25, -0.2) is 9.78 Å². The summed E-state index contributed by atoms with van der Waals surface area (Å²) in [5.41, 5.74) is 1.63. The van der Waals surface area contributed by atoms with E-state index in [-0.39, 0.29) is 30.7 Å². The number of benzene rings is 2. The summed E-state index contributed by atoms with van der Waals surface area (Å²) < 4.78 is 10.5. The van der Waals surface area contributed by atoms with Gasteiger partial charge in [-0.15, -0.1) is 11.8 Å². The molecule has 1 saturated heterocycles. The van der Waals surface area contributed by atoms with Crippen molar-refractivity contribution in [3.8, 4) is 0 Å². The highest BCUT2D eigenvalue weighted by atomic mass is 32.2. The first kappa shape index (κ1) is 28.9. The molecular formula is C29H32N4O6S. The van der Waals surface area contributed by atoms with E-state index in [1.165, 1.54) is 29.1 Å². The first-order chi connectivity index (χ1) is 19.3. The Morgan fingerprint density at radius 3 is 2.35 bits per heavy atom. The van der Waals surface area contributed by atoms with E-state index in [1.807, 2.05) is 74.5 Å². The van der Waals surface area contributed by atoms with Crippen LogP contribution in [-0.4, -0.2) is 57.4 Å². The Balaban J connectivity index is 1.43. The summed E-state index contributed by atoms with van der Waals surface area (Å²) in [4.78, 5) is 58.2. The number of oxazole rings is 1. The van der Waals surface area contributed by atoms with Gasteiger partial charge in [0.1, 0.15) is 31.0 Å². The third kappa shape index (κ3) is 7.50. The van der Waals surface area contributed by atoms with Gasteiger partial charge in [0.25, 0.3) is 5.89 Å². The number of aromatic nitrogens is 1. The molecule has 3 aromatic rings. The quantitative estimate of drug-likeness (QED) is 0.267. The molecule has 1 aliphatic heterocycles. The van der Waals surface area contributed by atoms with Crippen LogP contribution in [0.25, 0.3) is 0 Å². The number of carbonyl (C=O) groups is 4. The highest BCUT2D eigenvalue weighted by Crippen LogP contribution is 2.23. The molecule has 0 aliphatic carbocycles. The van der Waals surface area contributed by atoms with Crippen LogP contribution >= 0.6 is 11.8 Å². The van der Waals surface area contributed by atoms with E-state index < -0.39 is 35.9 Å². The molecular weight excluding hydrogens is 532 g/mol. The number of Topliss-reactive ketones (excluding diaryl/α,β-unsaturated/α-hetero) is 1. The zero-order valence-electron chi connectivity index (χ0n) is 22.3. The number of ether oxygens (including phenoxy) is 1. The second-order valence-electron chi connectivity index (χ2n) is 9.70. The molecule has 0 bridgehead atoms. The molecule has 0 spiro atoms. The molecule has 2 aromatic carbocycles. The minimum atomic E-state index is -1.10. The van der Waals surface area contributed by atoms with Gasteiger partial charge in [0.15, 0.2) is 0 Å². The van der Waals surface area contributed by atoms with Crippen LogP contribution in [0.2, 0.25) is 0 Å². The molecule has 2 N–H and O–H groups in total. The summed E-state index contributed by atoms with van der Waals surface area (Å²) in [6.45, 7) is 3.72. The molecule has 10 nitrogen and oxygen atoms in total. The summed E-state index contributed by atoms with van der Waals surface area (Å²) in [5.74, 6) is -2.15. The van der Waals surface area contributed by atoms with E-state index >= 15 is 0 Å². The van der Waals surface area contributed by atoms with Crippen LogP contribution in [0.3, 0.4) is 0 Å². The smallest absolute Gasteiger partial charge is 0.408 e. The molecule has 1 fully saturated rings. The Hall–Kier alpha value is -4.12. The summed E-state index contributed by atoms with van der Waals surface area (Å²) in [5, 5.41) is 5.56. The topological polar surface area (TPSA) is 131 Å². The number of rotatable bonds is 11. The maximum atomic E-state index is 13.6. The van der Waals surface area contributed by atoms with Crippen molar-refractivity contribution in [3.63, 3.8) is 0 Å². The molecule has 3 amide bonds. The molecule has 0 unspecified atom stereocenters. The second kappa shape index (κ2) is 13.8. The molecule has 1 aromatic heterocycles. The number of ketones is 1. The molecule has 40 heavy (non-hydrogen) atoms. The molecule has 1 aliphatic rings. The van der Waals surface area contributed by atoms with Crippen LogP contribution in [0.4, 0.5) is 4.79 Å². The van der Waals surface area contributed by atoms with Crippen molar-refractivity contribution < 1.29 is 28.3 Å². The van der Waals surface area contributed by atoms with Crippen molar-refractivity contribution in [2.75, 3.05) is 11.6 Å². The van der Waals surface area contributed by atoms with Gasteiger partial charge in [0.05, 0.1) is 12.1 Å². The lowest BCUT2D eigenvalue weighted by Crippen LogP contribution is -2.57. The summed E-state index contributed by atoms with van der Waals surface area (Å²) in [6, 6.07) is 17.6. The van der Waals surface area contributed by atoms with Gasteiger partial charge < -0.3 is 24.7 Å². The maximum absolute atomic E-state index is 13.6. The normalized spacial score (nSPS) is 16.3. The lowest BCUT2D eigenvalue weighted by molar-refractivity contribution is -0.136. The maximum Gasteiger partial charge on any atom is 0.408 e. The fourth-order valence-electron chi connectivity index (χ4n) is 4.28. The standard InChI is InChI=1S/C29H32N4O6S/c1-19(2)24(32-29(37)39-16-21-11-7-4-8-12-21)28(36)33-18-40-17-23(33)31-26(35)22(15-20-9-5-3-6-10-20)25(34)27-30-13-14-38-27/h3-14,19,22-24H,15-18H2,1-2H3,(H,31,35)(H,32,37)/t22-,23+,24-/m0/s1. The number of hydrogen-bond acceptors (Lipinski definition) is 8. The fraction of sp³-hybridized carbons (Fsp3) is 0.345. The predicted molar refractivity (Wildman–Crippen MR) is 149 cm³/mol. The Morgan fingerprint density at radius 1 is 1.05 bits per heavy atom. The number of amides is 3. The van der Waals surface area contributed by atoms with Crippen molar-refractivity contribution >= 4 is 35.5 Å². The van der Waals surface area contributed by atoms with Crippen molar-refractivity contribution in [1.82, 2.24) is 20.5 Å². The zero-order valence-corrected chi connectivity index (χ0v) is 23.1. The van der Waals surface area contributed by atoms with Crippen LogP contribution in [-0.2, 0) is 27.4 Å². The van der Waals surface area contributed by atoms with Crippen molar-refractivity contribution in [3.05, 3.63) is 90.1 Å². The molecule has 4 rings (SSSR count). The van der Waals surface area contributed by atoms with Crippen molar-refractivity contribution in [2.24, 2.45) is 11.8 Å². The highest BCUT2D eigenvalue weighted by Gasteiger charge is 2.39. The SMILES string of the molecule is CC(C)[C@H](NC(=O)OCc1ccccc1)C(=O)N1CSC[C@@H]1NC(=O)[C@@H](Cc1ccccc1)C(=O)c1ncco1. The monoisotopic (exact) mass is 564 g/mol. The molecule has 2 heterocycles. The van der Waals surface area contributed by atoms with Crippen LogP contribution in [0.1, 0.15) is 35.7 Å². The lowest BCUT2D eigenvalue weighted by Gasteiger charge is -2.31. The van der Waals surface area contributed by atoms with Crippen molar-refractivity contribution in [1.29, 1.82) is 0 Å². The first-order valence-corrected chi connectivity index (χ1v) is 14.1. The first-order valence-electron chi connectivity index (χ1n) is 13.0. The number of thioether (sulfide) groups is 1. The molecule has 210 valence electrons. The third-order valence-corrected chi connectivity index (χ3v) is 7.46. The van der Waals surface area contributed by atoms with Gasteiger partial charge in [0.2, 0.25) is 17.6 Å². The van der Waals surface area contributed by atoms with Crippen LogP contribution in [0, 0.1) is 11.8 Å². The van der Waals surface area contributed by atoms with Crippen LogP contribution < -0.4 is 10.6 Å². The molecule has 0 saturated carbocycles. The Kier molecular flexibility index (Phi) is 9.96. The summed E-state index contributed by atoms with van der Waals surface area (Å²) in [7, 11) is 0. The number of nitrogens with zero attached hydrogens (tertiary/aromatic N) is 2. The van der Waals surface area contributed by atoms with E-state index in [2.05, 4.69) is 15.6 Å². The third-order valence-electron chi connectivity index (χ3n) is 6.45. The summed E-state index contributed by atoms with van der Waals surface area (Å²) in [6.07, 6.45) is 1.41. The minimum absolute atomic E-state index is 0.0747. The average molecular weight is 565 g/mol. The van der Waals surface area contributed by atoms with Gasteiger partial charge in [-0.05, 0) is 23.5 Å². The Bertz CT molecular complexity index is 1290. The van der Waals surface area contributed by atoms with Gasteiger partial charge >= 0.3 is 6.09 Å². The van der Waals surface area contributed by atoms with Gasteiger partial charge in [0, 0.05) is 5.75 Å². The predicted octanol–water partition coefficient (Wildman–Crippen LogP) is 3.64. The van der Waals surface area contributed by atoms with Crippen LogP contribution in [0.15, 0.2) is 77.5 Å².